The van der Waals surface area contributed by atoms with Crippen molar-refractivity contribution in [2.24, 2.45) is 0 Å². The van der Waals surface area contributed by atoms with Gasteiger partial charge in [0.05, 0.1) is 12.0 Å². The van der Waals surface area contributed by atoms with E-state index in [-0.39, 0.29) is 5.92 Å². The van der Waals surface area contributed by atoms with Crippen molar-refractivity contribution in [3.63, 3.8) is 0 Å². The first-order chi connectivity index (χ1) is 11.6. The Morgan fingerprint density at radius 1 is 1.00 bits per heavy atom. The lowest BCUT2D eigenvalue weighted by molar-refractivity contribution is 0.404. The molecule has 0 bridgehead atoms. The van der Waals surface area contributed by atoms with Crippen molar-refractivity contribution >= 4 is 10.0 Å². The van der Waals surface area contributed by atoms with Crippen LogP contribution in [0, 0.1) is 0 Å². The van der Waals surface area contributed by atoms with Crippen LogP contribution in [0.4, 0.5) is 0 Å². The Bertz CT molecular complexity index is 757. The van der Waals surface area contributed by atoms with Crippen LogP contribution in [0.25, 0.3) is 0 Å². The summed E-state index contributed by atoms with van der Waals surface area (Å²) in [6.45, 7) is 1.12. The second-order valence-corrected chi connectivity index (χ2v) is 8.08. The zero-order chi connectivity index (χ0) is 17.0. The monoisotopic (exact) mass is 345 g/mol. The van der Waals surface area contributed by atoms with Crippen LogP contribution < -0.4 is 4.74 Å². The van der Waals surface area contributed by atoms with Crippen LogP contribution in [0.5, 0.6) is 5.75 Å². The third kappa shape index (κ3) is 3.62. The summed E-state index contributed by atoms with van der Waals surface area (Å²) in [7, 11) is -1.78. The number of ether oxygens (including phenoxy) is 1. The molecule has 2 aromatic rings. The smallest absolute Gasteiger partial charge is 0.243 e. The molecule has 4 nitrogen and oxygen atoms in total. The predicted molar refractivity (Wildman–Crippen MR) is 94.8 cm³/mol. The predicted octanol–water partition coefficient (Wildman–Crippen LogP) is 3.65. The van der Waals surface area contributed by atoms with Gasteiger partial charge in [0, 0.05) is 13.1 Å². The van der Waals surface area contributed by atoms with Gasteiger partial charge in [-0.1, -0.05) is 36.8 Å². The van der Waals surface area contributed by atoms with Gasteiger partial charge in [-0.15, -0.1) is 0 Å². The normalized spacial score (nSPS) is 19.6. The molecule has 1 aliphatic rings. The van der Waals surface area contributed by atoms with Crippen molar-refractivity contribution in [1.82, 2.24) is 4.31 Å². The van der Waals surface area contributed by atoms with Crippen molar-refractivity contribution in [2.75, 3.05) is 20.2 Å². The van der Waals surface area contributed by atoms with E-state index in [0.29, 0.717) is 18.0 Å². The topological polar surface area (TPSA) is 46.6 Å². The van der Waals surface area contributed by atoms with E-state index in [9.17, 15) is 8.42 Å². The molecular formula is C19H23NO3S. The van der Waals surface area contributed by atoms with Crippen molar-refractivity contribution in [3.05, 3.63) is 60.2 Å². The van der Waals surface area contributed by atoms with E-state index in [0.717, 1.165) is 25.0 Å². The van der Waals surface area contributed by atoms with Gasteiger partial charge in [-0.3, -0.25) is 0 Å². The molecule has 3 rings (SSSR count). The van der Waals surface area contributed by atoms with Crippen LogP contribution in [0.2, 0.25) is 0 Å². The second kappa shape index (κ2) is 7.36. The van der Waals surface area contributed by atoms with Crippen LogP contribution in [0.15, 0.2) is 59.5 Å². The van der Waals surface area contributed by atoms with Crippen LogP contribution in [0.3, 0.4) is 0 Å². The number of rotatable bonds is 4. The SMILES string of the molecule is COc1ccc(C2CCCCN(S(=O)(=O)c3ccccc3)C2)cc1. The van der Waals surface area contributed by atoms with E-state index in [1.165, 1.54) is 5.56 Å². The highest BCUT2D eigenvalue weighted by Gasteiger charge is 2.29. The maximum Gasteiger partial charge on any atom is 0.243 e. The van der Waals surface area contributed by atoms with E-state index in [1.807, 2.05) is 30.3 Å². The summed E-state index contributed by atoms with van der Waals surface area (Å²) in [4.78, 5) is 0.375. The van der Waals surface area contributed by atoms with Crippen molar-refractivity contribution in [2.45, 2.75) is 30.1 Å². The molecule has 5 heteroatoms. The molecule has 1 saturated heterocycles. The maximum atomic E-state index is 12.9. The lowest BCUT2D eigenvalue weighted by Gasteiger charge is -2.24. The van der Waals surface area contributed by atoms with E-state index >= 15 is 0 Å². The molecule has 0 N–H and O–H groups in total. The number of nitrogens with zero attached hydrogens (tertiary/aromatic N) is 1. The molecule has 0 spiro atoms. The number of hydrogen-bond donors (Lipinski definition) is 0. The zero-order valence-electron chi connectivity index (χ0n) is 13.9. The van der Waals surface area contributed by atoms with E-state index in [1.54, 1.807) is 35.7 Å². The lowest BCUT2D eigenvalue weighted by atomic mass is 9.94. The summed E-state index contributed by atoms with van der Waals surface area (Å²) < 4.78 is 32.7. The number of benzene rings is 2. The van der Waals surface area contributed by atoms with Gasteiger partial charge >= 0.3 is 0 Å². The Balaban J connectivity index is 1.84. The van der Waals surface area contributed by atoms with Gasteiger partial charge in [0.2, 0.25) is 10.0 Å². The van der Waals surface area contributed by atoms with Crippen molar-refractivity contribution in [1.29, 1.82) is 0 Å². The molecule has 24 heavy (non-hydrogen) atoms. The Hall–Kier alpha value is -1.85. The third-order valence-corrected chi connectivity index (χ3v) is 6.48. The quantitative estimate of drug-likeness (QED) is 0.850. The number of sulfonamides is 1. The fourth-order valence-corrected chi connectivity index (χ4v) is 4.76. The highest BCUT2D eigenvalue weighted by molar-refractivity contribution is 7.89. The van der Waals surface area contributed by atoms with E-state index in [4.69, 9.17) is 4.74 Å². The van der Waals surface area contributed by atoms with E-state index < -0.39 is 10.0 Å². The Kier molecular flexibility index (Phi) is 5.21. The molecule has 1 aliphatic heterocycles. The summed E-state index contributed by atoms with van der Waals surface area (Å²) in [5.41, 5.74) is 1.17. The van der Waals surface area contributed by atoms with Gasteiger partial charge in [-0.25, -0.2) is 8.42 Å². The standard InChI is InChI=1S/C19H23NO3S/c1-23-18-12-10-16(11-13-18)17-7-5-6-14-20(15-17)24(21,22)19-8-3-2-4-9-19/h2-4,8-13,17H,5-7,14-15H2,1H3. The number of methoxy groups -OCH3 is 1. The molecule has 0 amide bonds. The van der Waals surface area contributed by atoms with Gasteiger partial charge in [0.15, 0.2) is 0 Å². The molecule has 1 atom stereocenters. The largest absolute Gasteiger partial charge is 0.497 e. The summed E-state index contributed by atoms with van der Waals surface area (Å²) in [5, 5.41) is 0. The maximum absolute atomic E-state index is 12.9. The van der Waals surface area contributed by atoms with Crippen LogP contribution >= 0.6 is 0 Å². The first-order valence-electron chi connectivity index (χ1n) is 8.30. The fraction of sp³-hybridized carbons (Fsp3) is 0.368. The highest BCUT2D eigenvalue weighted by Crippen LogP contribution is 2.30. The summed E-state index contributed by atoms with van der Waals surface area (Å²) in [6, 6.07) is 16.7. The van der Waals surface area contributed by atoms with Gasteiger partial charge in [-0.05, 0) is 48.6 Å². The average molecular weight is 345 g/mol. The van der Waals surface area contributed by atoms with Crippen LogP contribution in [0.1, 0.15) is 30.7 Å². The van der Waals surface area contributed by atoms with Gasteiger partial charge in [0.1, 0.15) is 5.75 Å². The molecular weight excluding hydrogens is 322 g/mol. The Morgan fingerprint density at radius 3 is 2.38 bits per heavy atom. The van der Waals surface area contributed by atoms with E-state index in [2.05, 4.69) is 0 Å². The first kappa shape index (κ1) is 17.0. The molecule has 0 radical (unpaired) electrons. The van der Waals surface area contributed by atoms with Crippen LogP contribution in [-0.4, -0.2) is 32.9 Å². The Labute approximate surface area is 144 Å². The van der Waals surface area contributed by atoms with Crippen molar-refractivity contribution < 1.29 is 13.2 Å². The van der Waals surface area contributed by atoms with Crippen LogP contribution in [-0.2, 0) is 10.0 Å². The summed E-state index contributed by atoms with van der Waals surface area (Å²) in [6.07, 6.45) is 2.95. The van der Waals surface area contributed by atoms with Gasteiger partial charge in [0.25, 0.3) is 0 Å². The molecule has 0 aromatic heterocycles. The molecule has 2 aromatic carbocycles. The van der Waals surface area contributed by atoms with Gasteiger partial charge in [-0.2, -0.15) is 4.31 Å². The average Bonchev–Trinajstić information content (AvgIpc) is 2.89. The highest BCUT2D eigenvalue weighted by atomic mass is 32.2. The molecule has 1 unspecified atom stereocenters. The number of hydrogen-bond acceptors (Lipinski definition) is 3. The lowest BCUT2D eigenvalue weighted by Crippen LogP contribution is -2.34. The first-order valence-corrected chi connectivity index (χ1v) is 9.74. The third-order valence-electron chi connectivity index (χ3n) is 4.60. The second-order valence-electron chi connectivity index (χ2n) is 6.14. The molecule has 0 saturated carbocycles. The Morgan fingerprint density at radius 2 is 1.71 bits per heavy atom. The summed E-state index contributed by atoms with van der Waals surface area (Å²) >= 11 is 0. The van der Waals surface area contributed by atoms with Gasteiger partial charge < -0.3 is 4.74 Å². The zero-order valence-corrected chi connectivity index (χ0v) is 14.7. The summed E-state index contributed by atoms with van der Waals surface area (Å²) in [5.74, 6) is 1.04. The molecule has 128 valence electrons. The molecule has 1 heterocycles. The van der Waals surface area contributed by atoms with Crippen molar-refractivity contribution in [3.8, 4) is 5.75 Å². The fourth-order valence-electron chi connectivity index (χ4n) is 3.22. The minimum Gasteiger partial charge on any atom is -0.497 e. The molecule has 0 aliphatic carbocycles. The minimum absolute atomic E-state index is 0.219. The molecule has 1 fully saturated rings. The minimum atomic E-state index is -3.43.